The normalized spacial score (nSPS) is 16.3. The van der Waals surface area contributed by atoms with Gasteiger partial charge in [-0.25, -0.2) is 8.78 Å². The average molecular weight is 644 g/mol. The van der Waals surface area contributed by atoms with Crippen LogP contribution in [0.2, 0.25) is 0 Å². The molecule has 0 spiro atoms. The first kappa shape index (κ1) is 30.0. The fourth-order valence-electron chi connectivity index (χ4n) is 5.44. The predicted molar refractivity (Wildman–Crippen MR) is 172 cm³/mol. The van der Waals surface area contributed by atoms with Crippen LogP contribution in [0.25, 0.3) is 20.9 Å². The molecule has 46 heavy (non-hydrogen) atoms. The molecule has 236 valence electrons. The highest BCUT2D eigenvalue weighted by Gasteiger charge is 2.56. The number of furan rings is 1. The highest BCUT2D eigenvalue weighted by atomic mass is 32.1. The van der Waals surface area contributed by atoms with Gasteiger partial charge in [0.05, 0.1) is 21.6 Å². The van der Waals surface area contributed by atoms with E-state index in [1.807, 2.05) is 18.2 Å². The van der Waals surface area contributed by atoms with Gasteiger partial charge in [0.25, 0.3) is 0 Å². The largest absolute Gasteiger partial charge is 0.459 e. The number of amides is 2. The summed E-state index contributed by atoms with van der Waals surface area (Å²) in [4.78, 5) is 35.9. The molecule has 2 aromatic carbocycles. The summed E-state index contributed by atoms with van der Waals surface area (Å²) in [6.07, 6.45) is 2.31. The number of hydrogen-bond donors (Lipinski definition) is 2. The quantitative estimate of drug-likeness (QED) is 0.172. The molecular formula is C34H31F2N5O4S. The van der Waals surface area contributed by atoms with Gasteiger partial charge in [-0.15, -0.1) is 11.3 Å². The summed E-state index contributed by atoms with van der Waals surface area (Å²) in [7, 11) is 2.13. The van der Waals surface area contributed by atoms with E-state index in [1.165, 1.54) is 47.7 Å². The van der Waals surface area contributed by atoms with Crippen LogP contribution in [0.15, 0.2) is 77.3 Å². The van der Waals surface area contributed by atoms with Crippen molar-refractivity contribution in [2.45, 2.75) is 19.4 Å². The summed E-state index contributed by atoms with van der Waals surface area (Å²) in [5, 5.41) is 5.31. The number of ether oxygens (including phenoxy) is 1. The van der Waals surface area contributed by atoms with Gasteiger partial charge in [-0.1, -0.05) is 0 Å². The zero-order chi connectivity index (χ0) is 31.8. The number of carbonyl (C=O) groups is 2. The first-order valence-corrected chi connectivity index (χ1v) is 15.8. The predicted octanol–water partition coefficient (Wildman–Crippen LogP) is 6.73. The fraction of sp³-hybridized carbons (Fsp3) is 0.265. The van der Waals surface area contributed by atoms with Crippen molar-refractivity contribution in [3.05, 3.63) is 90.3 Å². The number of benzene rings is 2. The van der Waals surface area contributed by atoms with Gasteiger partial charge in [-0.3, -0.25) is 19.5 Å². The lowest BCUT2D eigenvalue weighted by Gasteiger charge is -2.31. The van der Waals surface area contributed by atoms with E-state index in [-0.39, 0.29) is 11.4 Å². The molecule has 2 N–H and O–H groups in total. The van der Waals surface area contributed by atoms with Crippen molar-refractivity contribution in [2.24, 2.45) is 5.41 Å². The maximum atomic E-state index is 15.2. The third-order valence-electron chi connectivity index (χ3n) is 8.39. The number of pyridine rings is 1. The van der Waals surface area contributed by atoms with Crippen molar-refractivity contribution in [2.75, 3.05) is 43.9 Å². The van der Waals surface area contributed by atoms with Crippen LogP contribution in [0, 0.1) is 17.0 Å². The van der Waals surface area contributed by atoms with Crippen LogP contribution in [0.4, 0.5) is 20.2 Å². The lowest BCUT2D eigenvalue weighted by Crippen LogP contribution is -2.43. The first-order valence-electron chi connectivity index (χ1n) is 15.0. The fourth-order valence-corrected chi connectivity index (χ4v) is 6.46. The Balaban J connectivity index is 1.02. The molecule has 1 aliphatic carbocycles. The van der Waals surface area contributed by atoms with Gasteiger partial charge in [0.1, 0.15) is 28.5 Å². The van der Waals surface area contributed by atoms with Crippen molar-refractivity contribution < 1.29 is 27.5 Å². The standard InChI is InChI=1S/C34H31F2N5O4S/c1-40-14-16-41(17-15-40)20-24-7-9-28(44-24)30-19-26-31(46-30)29(10-13-37-26)45-27-8-6-23(18-25(27)36)39-33(43)34(11-12-34)32(42)38-22-4-2-21(35)3-5-22/h2-10,13,18-19H,11-12,14-17,20H2,1H3,(H,38,42)(H,39,43). The third-order valence-corrected chi connectivity index (χ3v) is 9.54. The second-order valence-electron chi connectivity index (χ2n) is 11.7. The molecule has 2 aliphatic rings. The van der Waals surface area contributed by atoms with Crippen LogP contribution in [0.5, 0.6) is 11.5 Å². The third kappa shape index (κ3) is 6.23. The molecular weight excluding hydrogens is 612 g/mol. The van der Waals surface area contributed by atoms with E-state index < -0.39 is 28.9 Å². The van der Waals surface area contributed by atoms with E-state index in [2.05, 4.69) is 32.5 Å². The lowest BCUT2D eigenvalue weighted by atomic mass is 10.0. The van der Waals surface area contributed by atoms with Gasteiger partial charge in [-0.2, -0.15) is 0 Å². The number of nitrogens with one attached hydrogen (secondary N) is 2. The Kier molecular flexibility index (Phi) is 8.01. The molecule has 7 rings (SSSR count). The van der Waals surface area contributed by atoms with Crippen LogP contribution in [0.1, 0.15) is 18.6 Å². The van der Waals surface area contributed by atoms with Crippen LogP contribution >= 0.6 is 11.3 Å². The Morgan fingerprint density at radius 2 is 1.63 bits per heavy atom. The minimum Gasteiger partial charge on any atom is -0.459 e. The molecule has 0 atom stereocenters. The monoisotopic (exact) mass is 643 g/mol. The number of aromatic nitrogens is 1. The highest BCUT2D eigenvalue weighted by Crippen LogP contribution is 2.48. The maximum Gasteiger partial charge on any atom is 0.240 e. The number of carbonyl (C=O) groups excluding carboxylic acids is 2. The molecule has 5 aromatic rings. The lowest BCUT2D eigenvalue weighted by molar-refractivity contribution is -0.131. The molecule has 0 radical (unpaired) electrons. The van der Waals surface area contributed by atoms with Crippen LogP contribution in [-0.4, -0.2) is 59.8 Å². The summed E-state index contributed by atoms with van der Waals surface area (Å²) >= 11 is 1.45. The Morgan fingerprint density at radius 3 is 2.35 bits per heavy atom. The smallest absolute Gasteiger partial charge is 0.240 e. The first-order chi connectivity index (χ1) is 22.3. The van der Waals surface area contributed by atoms with Crippen molar-refractivity contribution in [1.82, 2.24) is 14.8 Å². The Labute approximate surface area is 267 Å². The van der Waals surface area contributed by atoms with E-state index in [0.717, 1.165) is 59.9 Å². The molecule has 1 saturated heterocycles. The second kappa shape index (κ2) is 12.3. The maximum absolute atomic E-state index is 15.2. The molecule has 4 heterocycles. The number of fused-ring (bicyclic) bond motifs is 1. The van der Waals surface area contributed by atoms with Crippen molar-refractivity contribution in [3.8, 4) is 22.1 Å². The Morgan fingerprint density at radius 1 is 0.913 bits per heavy atom. The van der Waals surface area contributed by atoms with Gasteiger partial charge in [0.2, 0.25) is 11.8 Å². The van der Waals surface area contributed by atoms with Crippen molar-refractivity contribution >= 4 is 44.7 Å². The van der Waals surface area contributed by atoms with E-state index in [9.17, 15) is 14.0 Å². The SMILES string of the molecule is CN1CCN(Cc2ccc(-c3cc4nccc(Oc5ccc(NC(=O)C6(C(=O)Nc7ccc(F)cc7)CC6)cc5F)c4s3)o2)CC1. The van der Waals surface area contributed by atoms with Gasteiger partial charge < -0.3 is 24.7 Å². The van der Waals surface area contributed by atoms with E-state index in [1.54, 1.807) is 12.3 Å². The Hall–Kier alpha value is -4.65. The van der Waals surface area contributed by atoms with Gasteiger partial charge in [-0.05, 0) is 74.5 Å². The summed E-state index contributed by atoms with van der Waals surface area (Å²) in [6, 6.07) is 17.0. The second-order valence-corrected chi connectivity index (χ2v) is 12.8. The molecule has 2 amide bonds. The number of piperazine rings is 1. The molecule has 2 fully saturated rings. The number of likely N-dealkylation sites (N-methyl/N-ethyl adjacent to an activating group) is 1. The molecule has 1 aliphatic heterocycles. The number of nitrogens with zero attached hydrogens (tertiary/aromatic N) is 3. The molecule has 12 heteroatoms. The molecule has 0 unspecified atom stereocenters. The number of thiophene rings is 1. The minimum absolute atomic E-state index is 0.0249. The molecule has 1 saturated carbocycles. The van der Waals surface area contributed by atoms with Crippen LogP contribution in [0.3, 0.4) is 0 Å². The number of halogens is 2. The zero-order valence-electron chi connectivity index (χ0n) is 25.0. The summed E-state index contributed by atoms with van der Waals surface area (Å²) in [5.74, 6) is -0.0830. The molecule has 0 bridgehead atoms. The van der Waals surface area contributed by atoms with Crippen molar-refractivity contribution in [3.63, 3.8) is 0 Å². The van der Waals surface area contributed by atoms with Gasteiger partial charge in [0.15, 0.2) is 11.6 Å². The average Bonchev–Trinajstić information content (AvgIpc) is 3.54. The van der Waals surface area contributed by atoms with E-state index in [0.29, 0.717) is 29.8 Å². The summed E-state index contributed by atoms with van der Waals surface area (Å²) in [5.41, 5.74) is 0.0154. The highest BCUT2D eigenvalue weighted by molar-refractivity contribution is 7.22. The van der Waals surface area contributed by atoms with Crippen molar-refractivity contribution in [1.29, 1.82) is 0 Å². The minimum atomic E-state index is -1.26. The number of hydrogen-bond acceptors (Lipinski definition) is 8. The van der Waals surface area contributed by atoms with Crippen LogP contribution in [-0.2, 0) is 16.1 Å². The van der Waals surface area contributed by atoms with Gasteiger partial charge in [0, 0.05) is 55.9 Å². The van der Waals surface area contributed by atoms with Gasteiger partial charge >= 0.3 is 0 Å². The van der Waals surface area contributed by atoms with E-state index >= 15 is 4.39 Å². The number of rotatable bonds is 9. The molecule has 9 nitrogen and oxygen atoms in total. The van der Waals surface area contributed by atoms with Crippen LogP contribution < -0.4 is 15.4 Å². The topological polar surface area (TPSA) is 99.9 Å². The van der Waals surface area contributed by atoms with E-state index in [4.69, 9.17) is 9.15 Å². The summed E-state index contributed by atoms with van der Waals surface area (Å²) < 4.78 is 41.4. The molecule has 3 aromatic heterocycles. The summed E-state index contributed by atoms with van der Waals surface area (Å²) in [6.45, 7) is 4.83. The number of anilines is 2. The zero-order valence-corrected chi connectivity index (χ0v) is 25.8. The Bertz CT molecular complexity index is 1910.